The zero-order chi connectivity index (χ0) is 14.3. The van der Waals surface area contributed by atoms with Crippen LogP contribution in [0.25, 0.3) is 4.85 Å². The maximum absolute atomic E-state index is 6.99. The Balaban J connectivity index is 1.37. The molecule has 2 fully saturated rings. The molecule has 1 aromatic heterocycles. The van der Waals surface area contributed by atoms with E-state index in [0.29, 0.717) is 11.3 Å². The van der Waals surface area contributed by atoms with Crippen LogP contribution in [0.1, 0.15) is 24.3 Å². The van der Waals surface area contributed by atoms with Crippen molar-refractivity contribution >= 4 is 11.5 Å². The summed E-state index contributed by atoms with van der Waals surface area (Å²) >= 11 is 0. The Bertz CT molecular complexity index is 673. The maximum Gasteiger partial charge on any atom is 0.187 e. The largest absolute Gasteiger partial charge is 0.354 e. The molecule has 104 valence electrons. The molecule has 4 nitrogen and oxygen atoms in total. The van der Waals surface area contributed by atoms with Crippen LogP contribution in [0.15, 0.2) is 42.9 Å². The highest BCUT2D eigenvalue weighted by Gasteiger charge is 2.52. The maximum atomic E-state index is 6.99. The molecule has 4 heteroatoms. The van der Waals surface area contributed by atoms with Crippen LogP contribution < -0.4 is 4.90 Å². The number of anilines is 1. The summed E-state index contributed by atoms with van der Waals surface area (Å²) in [6.07, 6.45) is 7.81. The lowest BCUT2D eigenvalue weighted by Crippen LogP contribution is -2.62. The molecule has 1 saturated heterocycles. The van der Waals surface area contributed by atoms with Crippen molar-refractivity contribution < 1.29 is 0 Å². The topological polar surface area (TPSA) is 33.4 Å². The molecule has 1 aliphatic carbocycles. The average molecular weight is 276 g/mol. The summed E-state index contributed by atoms with van der Waals surface area (Å²) in [5, 5.41) is 0. The minimum absolute atomic E-state index is 0.487. The zero-order valence-electron chi connectivity index (χ0n) is 11.7. The Labute approximate surface area is 124 Å². The summed E-state index contributed by atoms with van der Waals surface area (Å²) in [5.74, 6) is 1.65. The first kappa shape index (κ1) is 12.3. The fraction of sp³-hybridized carbons (Fsp3) is 0.353. The molecule has 21 heavy (non-hydrogen) atoms. The van der Waals surface area contributed by atoms with Crippen LogP contribution in [0.4, 0.5) is 11.5 Å². The van der Waals surface area contributed by atoms with Crippen molar-refractivity contribution in [3.8, 4) is 0 Å². The quantitative estimate of drug-likeness (QED) is 0.788. The van der Waals surface area contributed by atoms with Gasteiger partial charge in [-0.3, -0.25) is 4.98 Å². The van der Waals surface area contributed by atoms with Gasteiger partial charge in [-0.15, -0.1) is 0 Å². The minimum atomic E-state index is 0.487. The second kappa shape index (κ2) is 4.56. The number of hydrogen-bond donors (Lipinski definition) is 0. The monoisotopic (exact) mass is 276 g/mol. The Morgan fingerprint density at radius 2 is 1.90 bits per heavy atom. The number of nitrogens with zero attached hydrogens (tertiary/aromatic N) is 4. The highest BCUT2D eigenvalue weighted by Crippen LogP contribution is 2.56. The third kappa shape index (κ3) is 2.06. The van der Waals surface area contributed by atoms with Crippen LogP contribution in [0.5, 0.6) is 0 Å². The standard InChI is InChI=1S/C17H16N4/c1-18-15-4-2-13(3-5-15)14-8-17(9-14)11-21(12-17)16-10-19-6-7-20-16/h2-7,10,14H,8-9,11-12H2. The Hall–Kier alpha value is -2.41. The van der Waals surface area contributed by atoms with Crippen molar-refractivity contribution in [2.75, 3.05) is 18.0 Å². The molecule has 0 amide bonds. The molecule has 1 aliphatic heterocycles. The van der Waals surface area contributed by atoms with Crippen LogP contribution in [0, 0.1) is 12.0 Å². The van der Waals surface area contributed by atoms with E-state index in [9.17, 15) is 0 Å². The van der Waals surface area contributed by atoms with E-state index in [4.69, 9.17) is 6.57 Å². The summed E-state index contributed by atoms with van der Waals surface area (Å²) in [5.41, 5.74) is 2.59. The number of aromatic nitrogens is 2. The van der Waals surface area contributed by atoms with Gasteiger partial charge in [-0.05, 0) is 24.3 Å². The molecule has 0 N–H and O–H groups in total. The molecule has 2 aromatic rings. The molecule has 0 atom stereocenters. The second-order valence-electron chi connectivity index (χ2n) is 6.23. The van der Waals surface area contributed by atoms with Crippen LogP contribution >= 0.6 is 0 Å². The molecule has 0 unspecified atom stereocenters. The summed E-state index contributed by atoms with van der Waals surface area (Å²) in [7, 11) is 0. The van der Waals surface area contributed by atoms with Gasteiger partial charge in [0, 0.05) is 30.9 Å². The van der Waals surface area contributed by atoms with Crippen molar-refractivity contribution in [1.29, 1.82) is 0 Å². The zero-order valence-corrected chi connectivity index (χ0v) is 11.7. The van der Waals surface area contributed by atoms with Gasteiger partial charge in [0.1, 0.15) is 5.82 Å². The third-order valence-corrected chi connectivity index (χ3v) is 4.78. The van der Waals surface area contributed by atoms with Gasteiger partial charge in [0.2, 0.25) is 0 Å². The highest BCUT2D eigenvalue weighted by molar-refractivity contribution is 5.47. The smallest absolute Gasteiger partial charge is 0.187 e. The molecular weight excluding hydrogens is 260 g/mol. The average Bonchev–Trinajstić information content (AvgIpc) is 2.46. The Morgan fingerprint density at radius 1 is 1.14 bits per heavy atom. The van der Waals surface area contributed by atoms with E-state index >= 15 is 0 Å². The normalized spacial score (nSPS) is 19.7. The van der Waals surface area contributed by atoms with Gasteiger partial charge in [-0.1, -0.05) is 24.3 Å². The highest BCUT2D eigenvalue weighted by atomic mass is 15.3. The van der Waals surface area contributed by atoms with Crippen LogP contribution in [0.3, 0.4) is 0 Å². The fourth-order valence-electron chi connectivity index (χ4n) is 3.68. The van der Waals surface area contributed by atoms with Crippen LogP contribution in [-0.4, -0.2) is 23.1 Å². The summed E-state index contributed by atoms with van der Waals surface area (Å²) in [6, 6.07) is 8.09. The lowest BCUT2D eigenvalue weighted by molar-refractivity contribution is 0.0627. The molecule has 0 bridgehead atoms. The Kier molecular flexibility index (Phi) is 2.68. The first-order valence-electron chi connectivity index (χ1n) is 7.26. The lowest BCUT2D eigenvalue weighted by Gasteiger charge is -2.59. The van der Waals surface area contributed by atoms with E-state index in [-0.39, 0.29) is 0 Å². The van der Waals surface area contributed by atoms with Crippen LogP contribution in [0.2, 0.25) is 0 Å². The summed E-state index contributed by atoms with van der Waals surface area (Å²) in [4.78, 5) is 14.2. The number of hydrogen-bond acceptors (Lipinski definition) is 3. The summed E-state index contributed by atoms with van der Waals surface area (Å²) < 4.78 is 0. The third-order valence-electron chi connectivity index (χ3n) is 4.78. The lowest BCUT2D eigenvalue weighted by atomic mass is 9.56. The molecule has 4 rings (SSSR count). The molecular formula is C17H16N4. The molecule has 2 aliphatic rings. The van der Waals surface area contributed by atoms with Gasteiger partial charge in [0.25, 0.3) is 0 Å². The molecule has 1 saturated carbocycles. The van der Waals surface area contributed by atoms with E-state index in [1.807, 2.05) is 18.3 Å². The predicted molar refractivity (Wildman–Crippen MR) is 81.4 cm³/mol. The first-order chi connectivity index (χ1) is 10.3. The molecule has 0 radical (unpaired) electrons. The van der Waals surface area contributed by atoms with Gasteiger partial charge in [-0.25, -0.2) is 9.83 Å². The van der Waals surface area contributed by atoms with Gasteiger partial charge in [0.05, 0.1) is 12.8 Å². The predicted octanol–water partition coefficient (Wildman–Crippen LogP) is 3.41. The molecule has 1 aromatic carbocycles. The van der Waals surface area contributed by atoms with E-state index in [2.05, 4.69) is 31.8 Å². The number of rotatable bonds is 2. The molecule has 1 spiro atoms. The molecule has 2 heterocycles. The van der Waals surface area contributed by atoms with E-state index in [1.165, 1.54) is 18.4 Å². The SMILES string of the molecule is [C-]#[N+]c1ccc(C2CC3(C2)CN(c2cnccn2)C3)cc1. The van der Waals surface area contributed by atoms with Crippen LogP contribution in [-0.2, 0) is 0 Å². The first-order valence-corrected chi connectivity index (χ1v) is 7.26. The number of benzene rings is 1. The van der Waals surface area contributed by atoms with Gasteiger partial charge >= 0.3 is 0 Å². The van der Waals surface area contributed by atoms with Crippen molar-refractivity contribution in [2.24, 2.45) is 5.41 Å². The van der Waals surface area contributed by atoms with E-state index in [0.717, 1.165) is 24.6 Å². The van der Waals surface area contributed by atoms with Crippen molar-refractivity contribution in [2.45, 2.75) is 18.8 Å². The van der Waals surface area contributed by atoms with Crippen molar-refractivity contribution in [3.05, 3.63) is 59.8 Å². The Morgan fingerprint density at radius 3 is 2.52 bits per heavy atom. The minimum Gasteiger partial charge on any atom is -0.354 e. The van der Waals surface area contributed by atoms with E-state index < -0.39 is 0 Å². The van der Waals surface area contributed by atoms with Crippen molar-refractivity contribution in [1.82, 2.24) is 9.97 Å². The van der Waals surface area contributed by atoms with Gasteiger partial charge in [0.15, 0.2) is 5.69 Å². The van der Waals surface area contributed by atoms with Crippen molar-refractivity contribution in [3.63, 3.8) is 0 Å². The van der Waals surface area contributed by atoms with Gasteiger partial charge < -0.3 is 4.90 Å². The van der Waals surface area contributed by atoms with Gasteiger partial charge in [-0.2, -0.15) is 0 Å². The van der Waals surface area contributed by atoms with E-state index in [1.54, 1.807) is 12.4 Å². The summed E-state index contributed by atoms with van der Waals surface area (Å²) in [6.45, 7) is 9.19. The fourth-order valence-corrected chi connectivity index (χ4v) is 3.68. The second-order valence-corrected chi connectivity index (χ2v) is 6.23.